The van der Waals surface area contributed by atoms with E-state index in [-0.39, 0.29) is 5.69 Å². The van der Waals surface area contributed by atoms with Gasteiger partial charge in [0.1, 0.15) is 11.3 Å². The highest BCUT2D eigenvalue weighted by Crippen LogP contribution is 2.40. The summed E-state index contributed by atoms with van der Waals surface area (Å²) in [6.07, 6.45) is 0. The van der Waals surface area contributed by atoms with Gasteiger partial charge in [-0.15, -0.1) is 0 Å². The van der Waals surface area contributed by atoms with Gasteiger partial charge in [0.15, 0.2) is 17.2 Å². The van der Waals surface area contributed by atoms with Gasteiger partial charge in [0.2, 0.25) is 5.75 Å². The molecule has 5 rings (SSSR count). The van der Waals surface area contributed by atoms with Crippen LogP contribution in [0.25, 0.3) is 27.5 Å². The summed E-state index contributed by atoms with van der Waals surface area (Å²) in [7, 11) is 7.74. The number of aryl methyl sites for hydroxylation is 1. The Morgan fingerprint density at radius 1 is 0.897 bits per heavy atom. The van der Waals surface area contributed by atoms with E-state index in [1.54, 1.807) is 41.9 Å². The number of nitrogens with zero attached hydrogens (tertiary/aromatic N) is 3. The second-order valence-corrected chi connectivity index (χ2v) is 8.96. The average molecular weight is 549 g/mol. The van der Waals surface area contributed by atoms with Crippen molar-refractivity contribution < 1.29 is 23.7 Å². The molecule has 0 aliphatic heterocycles. The number of carbonyl (C=O) groups is 1. The molecule has 200 valence electrons. The SMILES string of the molecule is COc1ccc(-n2nc(C(=O)Nc3cc(OC)c(OC)c(OC)c3)c3c4ccccc4n(C)c3c2=O)cc1Cl. The highest BCUT2D eigenvalue weighted by molar-refractivity contribution is 6.32. The van der Waals surface area contributed by atoms with E-state index < -0.39 is 11.5 Å². The van der Waals surface area contributed by atoms with E-state index in [4.69, 9.17) is 30.5 Å². The highest BCUT2D eigenvalue weighted by atomic mass is 35.5. The summed E-state index contributed by atoms with van der Waals surface area (Å²) in [4.78, 5) is 27.6. The predicted octanol–water partition coefficient (Wildman–Crippen LogP) is 4.82. The van der Waals surface area contributed by atoms with E-state index in [0.29, 0.717) is 50.3 Å². The van der Waals surface area contributed by atoms with Crippen molar-refractivity contribution >= 4 is 45.0 Å². The van der Waals surface area contributed by atoms with Crippen LogP contribution in [0.2, 0.25) is 5.02 Å². The van der Waals surface area contributed by atoms with Crippen LogP contribution in [0.3, 0.4) is 0 Å². The minimum atomic E-state index is -0.543. The Labute approximate surface area is 228 Å². The molecule has 0 fully saturated rings. The minimum Gasteiger partial charge on any atom is -0.495 e. The van der Waals surface area contributed by atoms with Gasteiger partial charge in [0.05, 0.1) is 39.1 Å². The summed E-state index contributed by atoms with van der Waals surface area (Å²) in [6, 6.07) is 15.5. The molecule has 2 heterocycles. The Bertz CT molecular complexity index is 1790. The maximum atomic E-state index is 13.8. The number of methoxy groups -OCH3 is 4. The molecule has 2 aromatic heterocycles. The van der Waals surface area contributed by atoms with E-state index in [1.807, 2.05) is 24.3 Å². The molecule has 1 N–H and O–H groups in total. The van der Waals surface area contributed by atoms with Crippen molar-refractivity contribution in [3.63, 3.8) is 0 Å². The lowest BCUT2D eigenvalue weighted by atomic mass is 10.1. The second-order valence-electron chi connectivity index (χ2n) is 8.55. The number of anilines is 1. The number of hydrogen-bond donors (Lipinski definition) is 1. The van der Waals surface area contributed by atoms with Crippen LogP contribution in [0, 0.1) is 0 Å². The fourth-order valence-corrected chi connectivity index (χ4v) is 4.90. The van der Waals surface area contributed by atoms with E-state index in [0.717, 1.165) is 15.6 Å². The molecule has 0 saturated carbocycles. The molecule has 0 unspecified atom stereocenters. The first-order valence-electron chi connectivity index (χ1n) is 11.8. The third-order valence-corrected chi connectivity index (χ3v) is 6.75. The van der Waals surface area contributed by atoms with Gasteiger partial charge in [0.25, 0.3) is 11.5 Å². The van der Waals surface area contributed by atoms with Crippen molar-refractivity contribution in [3.8, 4) is 28.7 Å². The normalized spacial score (nSPS) is 11.0. The molecular formula is C28H25ClN4O6. The lowest BCUT2D eigenvalue weighted by Gasteiger charge is -2.15. The third-order valence-electron chi connectivity index (χ3n) is 6.46. The number of para-hydroxylation sites is 1. The minimum absolute atomic E-state index is 0.0436. The van der Waals surface area contributed by atoms with Crippen LogP contribution in [0.5, 0.6) is 23.0 Å². The van der Waals surface area contributed by atoms with Crippen molar-refractivity contribution in [3.05, 3.63) is 75.7 Å². The lowest BCUT2D eigenvalue weighted by molar-refractivity contribution is 0.102. The summed E-state index contributed by atoms with van der Waals surface area (Å²) in [5.74, 6) is 1.03. The zero-order valence-corrected chi connectivity index (χ0v) is 22.6. The first-order chi connectivity index (χ1) is 18.8. The molecule has 0 aliphatic carbocycles. The quantitative estimate of drug-likeness (QED) is 0.311. The summed E-state index contributed by atoms with van der Waals surface area (Å²) in [5.41, 5.74) is 1.48. The molecular weight excluding hydrogens is 524 g/mol. The smallest absolute Gasteiger partial charge is 0.296 e. The van der Waals surface area contributed by atoms with Gasteiger partial charge in [-0.1, -0.05) is 29.8 Å². The molecule has 0 saturated heterocycles. The Morgan fingerprint density at radius 2 is 1.56 bits per heavy atom. The number of fused-ring (bicyclic) bond motifs is 3. The monoisotopic (exact) mass is 548 g/mol. The van der Waals surface area contributed by atoms with Crippen LogP contribution in [-0.2, 0) is 7.05 Å². The van der Waals surface area contributed by atoms with Crippen LogP contribution in [0.1, 0.15) is 10.5 Å². The van der Waals surface area contributed by atoms with Gasteiger partial charge in [-0.25, -0.2) is 0 Å². The topological polar surface area (TPSA) is 106 Å². The van der Waals surface area contributed by atoms with Gasteiger partial charge in [0, 0.05) is 41.2 Å². The summed E-state index contributed by atoms with van der Waals surface area (Å²) < 4.78 is 24.4. The standard InChI is InChI=1S/C28H25ClN4O6/c1-32-19-9-7-6-8-17(19)23-24(27(34)30-15-12-21(37-3)26(39-5)22(13-15)38-4)31-33(28(35)25(23)32)16-10-11-20(36-2)18(29)14-16/h6-14H,1-5H3,(H,30,34). The van der Waals surface area contributed by atoms with Crippen molar-refractivity contribution in [2.24, 2.45) is 7.05 Å². The predicted molar refractivity (Wildman–Crippen MR) is 149 cm³/mol. The van der Waals surface area contributed by atoms with E-state index in [1.165, 1.54) is 28.4 Å². The number of rotatable bonds is 7. The van der Waals surface area contributed by atoms with Crippen LogP contribution in [0.4, 0.5) is 5.69 Å². The molecule has 5 aromatic rings. The molecule has 0 radical (unpaired) electrons. The molecule has 1 amide bonds. The van der Waals surface area contributed by atoms with Gasteiger partial charge in [-0.05, 0) is 24.3 Å². The molecule has 10 nitrogen and oxygen atoms in total. The molecule has 3 aromatic carbocycles. The number of amides is 1. The Kier molecular flexibility index (Phi) is 6.80. The largest absolute Gasteiger partial charge is 0.495 e. The number of nitrogens with one attached hydrogen (secondary N) is 1. The molecule has 0 atom stereocenters. The molecule has 11 heteroatoms. The van der Waals surface area contributed by atoms with Crippen LogP contribution in [-0.4, -0.2) is 48.7 Å². The van der Waals surface area contributed by atoms with Crippen LogP contribution in [0.15, 0.2) is 59.4 Å². The maximum absolute atomic E-state index is 13.8. The molecule has 0 spiro atoms. The average Bonchev–Trinajstić information content (AvgIpc) is 3.25. The Balaban J connectivity index is 1.75. The van der Waals surface area contributed by atoms with Crippen molar-refractivity contribution in [2.45, 2.75) is 0 Å². The Hall–Kier alpha value is -4.70. The maximum Gasteiger partial charge on any atom is 0.296 e. The first kappa shape index (κ1) is 25.9. The van der Waals surface area contributed by atoms with Crippen molar-refractivity contribution in [2.75, 3.05) is 33.8 Å². The van der Waals surface area contributed by atoms with E-state index in [9.17, 15) is 9.59 Å². The number of benzene rings is 3. The second kappa shape index (κ2) is 10.2. The number of aromatic nitrogens is 3. The van der Waals surface area contributed by atoms with E-state index in [2.05, 4.69) is 10.4 Å². The number of ether oxygens (including phenoxy) is 4. The van der Waals surface area contributed by atoms with Crippen molar-refractivity contribution in [1.29, 1.82) is 0 Å². The number of hydrogen-bond acceptors (Lipinski definition) is 7. The summed E-state index contributed by atoms with van der Waals surface area (Å²) in [5, 5.41) is 8.85. The zero-order chi connectivity index (χ0) is 27.8. The third kappa shape index (κ3) is 4.28. The Morgan fingerprint density at radius 3 is 2.18 bits per heavy atom. The first-order valence-corrected chi connectivity index (χ1v) is 12.2. The molecule has 0 aliphatic rings. The highest BCUT2D eigenvalue weighted by Gasteiger charge is 2.24. The lowest BCUT2D eigenvalue weighted by Crippen LogP contribution is -2.27. The summed E-state index contributed by atoms with van der Waals surface area (Å²) in [6.45, 7) is 0. The van der Waals surface area contributed by atoms with Gasteiger partial charge in [-0.2, -0.15) is 9.78 Å². The van der Waals surface area contributed by atoms with Crippen LogP contribution < -0.4 is 29.8 Å². The summed E-state index contributed by atoms with van der Waals surface area (Å²) >= 11 is 6.35. The fraction of sp³-hybridized carbons (Fsp3) is 0.179. The van der Waals surface area contributed by atoms with Gasteiger partial charge >= 0.3 is 0 Å². The molecule has 39 heavy (non-hydrogen) atoms. The number of carbonyl (C=O) groups excluding carboxylic acids is 1. The van der Waals surface area contributed by atoms with Crippen molar-refractivity contribution in [1.82, 2.24) is 14.3 Å². The molecule has 0 bridgehead atoms. The van der Waals surface area contributed by atoms with Gasteiger partial charge < -0.3 is 28.8 Å². The fourth-order valence-electron chi connectivity index (χ4n) is 4.64. The van der Waals surface area contributed by atoms with Crippen LogP contribution >= 0.6 is 11.6 Å². The zero-order valence-electron chi connectivity index (χ0n) is 21.9. The van der Waals surface area contributed by atoms with Gasteiger partial charge in [-0.3, -0.25) is 9.59 Å². The number of halogens is 1. The van der Waals surface area contributed by atoms with E-state index >= 15 is 0 Å².